The highest BCUT2D eigenvalue weighted by molar-refractivity contribution is 5.90. The lowest BCUT2D eigenvalue weighted by Gasteiger charge is -2.51. The Morgan fingerprint density at radius 3 is 2.45 bits per heavy atom. The molecule has 1 aliphatic rings. The van der Waals surface area contributed by atoms with Gasteiger partial charge in [-0.25, -0.2) is 4.98 Å². The third-order valence-corrected chi connectivity index (χ3v) is 3.96. The smallest absolute Gasteiger partial charge is 0.214 e. The molecule has 1 saturated heterocycles. The summed E-state index contributed by atoms with van der Waals surface area (Å²) in [4.78, 5) is 3.67. The molecule has 6 nitrogen and oxygen atoms in total. The number of anilines is 1. The second-order valence-electron chi connectivity index (χ2n) is 7.03. The maximum atomic E-state index is 13.0. The Labute approximate surface area is 130 Å². The summed E-state index contributed by atoms with van der Waals surface area (Å²) in [5, 5.41) is 25.5. The van der Waals surface area contributed by atoms with Gasteiger partial charge in [0.1, 0.15) is 5.82 Å². The fourth-order valence-corrected chi connectivity index (χ4v) is 3.22. The fourth-order valence-electron chi connectivity index (χ4n) is 3.22. The number of hydrogen-bond donors (Lipinski definition) is 4. The Morgan fingerprint density at radius 2 is 1.91 bits per heavy atom. The molecule has 122 valence electrons. The van der Waals surface area contributed by atoms with Crippen LogP contribution in [0.5, 0.6) is 0 Å². The number of nitrogens with zero attached hydrogens (tertiary/aromatic N) is 2. The van der Waals surface area contributed by atoms with Crippen molar-refractivity contribution < 1.29 is 9.60 Å². The molecule has 1 aromatic heterocycles. The summed E-state index contributed by atoms with van der Waals surface area (Å²) in [6.45, 7) is 7.86. The Balaban J connectivity index is 2.00. The highest BCUT2D eigenvalue weighted by atomic mass is 19.1. The van der Waals surface area contributed by atoms with E-state index in [-0.39, 0.29) is 17.8 Å². The van der Waals surface area contributed by atoms with E-state index < -0.39 is 17.0 Å². The van der Waals surface area contributed by atoms with Crippen molar-refractivity contribution in [2.75, 3.05) is 5.32 Å². The molecule has 0 aromatic carbocycles. The van der Waals surface area contributed by atoms with Crippen molar-refractivity contribution >= 4 is 11.8 Å². The Bertz CT molecular complexity index is 543. The molecule has 7 heteroatoms. The van der Waals surface area contributed by atoms with E-state index in [1.165, 1.54) is 17.2 Å². The molecule has 4 N–H and O–H groups in total. The third kappa shape index (κ3) is 3.72. The van der Waals surface area contributed by atoms with Gasteiger partial charge >= 0.3 is 0 Å². The minimum absolute atomic E-state index is 0.0296. The third-order valence-electron chi connectivity index (χ3n) is 3.96. The highest BCUT2D eigenvalue weighted by Crippen LogP contribution is 2.36. The van der Waals surface area contributed by atoms with Gasteiger partial charge in [0, 0.05) is 17.1 Å². The molecule has 0 radical (unpaired) electrons. The van der Waals surface area contributed by atoms with Gasteiger partial charge in [0.15, 0.2) is 5.96 Å². The zero-order valence-corrected chi connectivity index (χ0v) is 13.4. The van der Waals surface area contributed by atoms with Crippen molar-refractivity contribution in [3.8, 4) is 0 Å². The van der Waals surface area contributed by atoms with Crippen LogP contribution in [0, 0.1) is 11.4 Å². The van der Waals surface area contributed by atoms with Crippen LogP contribution in [0.1, 0.15) is 40.5 Å². The van der Waals surface area contributed by atoms with E-state index >= 15 is 0 Å². The summed E-state index contributed by atoms with van der Waals surface area (Å²) in [5.41, 5.74) is -0.784. The van der Waals surface area contributed by atoms with E-state index in [0.717, 1.165) is 0 Å². The minimum Gasteiger partial charge on any atom is -0.353 e. The average Bonchev–Trinajstić information content (AvgIpc) is 2.34. The molecule has 0 aliphatic carbocycles. The minimum atomic E-state index is -0.589. The van der Waals surface area contributed by atoms with E-state index in [9.17, 15) is 9.60 Å². The van der Waals surface area contributed by atoms with Crippen LogP contribution < -0.4 is 10.6 Å². The second kappa shape index (κ2) is 5.81. The number of guanidine groups is 1. The Kier molecular flexibility index (Phi) is 4.39. The summed E-state index contributed by atoms with van der Waals surface area (Å²) in [6.07, 6.45) is 1.38. The molecule has 0 atom stereocenters. The van der Waals surface area contributed by atoms with E-state index in [4.69, 9.17) is 5.41 Å². The number of rotatable bonds is 2. The second-order valence-corrected chi connectivity index (χ2v) is 7.03. The van der Waals surface area contributed by atoms with Crippen LogP contribution >= 0.6 is 0 Å². The van der Waals surface area contributed by atoms with E-state index in [1.807, 2.05) is 27.7 Å². The van der Waals surface area contributed by atoms with Gasteiger partial charge in [0.05, 0.1) is 0 Å². The van der Waals surface area contributed by atoms with E-state index in [2.05, 4.69) is 15.6 Å². The quantitative estimate of drug-likeness (QED) is 0.383. The first-order chi connectivity index (χ1) is 10.1. The molecule has 0 saturated carbocycles. The van der Waals surface area contributed by atoms with Crippen LogP contribution in [0.4, 0.5) is 10.2 Å². The van der Waals surface area contributed by atoms with Crippen molar-refractivity contribution in [1.82, 2.24) is 15.4 Å². The maximum absolute atomic E-state index is 13.0. The lowest BCUT2D eigenvalue weighted by molar-refractivity contribution is -0.245. The average molecular weight is 309 g/mol. The molecule has 0 spiro atoms. The highest BCUT2D eigenvalue weighted by Gasteiger charge is 2.45. The summed E-state index contributed by atoms with van der Waals surface area (Å²) < 4.78 is 13.0. The molecular formula is C15H24FN5O. The predicted octanol–water partition coefficient (Wildman–Crippen LogP) is 2.57. The summed E-state index contributed by atoms with van der Waals surface area (Å²) in [6, 6.07) is 4.42. The summed E-state index contributed by atoms with van der Waals surface area (Å²) >= 11 is 0. The van der Waals surface area contributed by atoms with Crippen LogP contribution in [-0.2, 0) is 0 Å². The zero-order chi connectivity index (χ0) is 16.5. The maximum Gasteiger partial charge on any atom is 0.214 e. The topological polar surface area (TPSA) is 84.3 Å². The van der Waals surface area contributed by atoms with E-state index in [0.29, 0.717) is 12.8 Å². The van der Waals surface area contributed by atoms with E-state index in [1.54, 1.807) is 6.07 Å². The normalized spacial score (nSPS) is 21.4. The van der Waals surface area contributed by atoms with Gasteiger partial charge in [-0.1, -0.05) is 6.07 Å². The largest absolute Gasteiger partial charge is 0.353 e. The van der Waals surface area contributed by atoms with Gasteiger partial charge < -0.3 is 15.8 Å². The van der Waals surface area contributed by atoms with Crippen molar-refractivity contribution in [1.29, 1.82) is 5.41 Å². The van der Waals surface area contributed by atoms with Gasteiger partial charge in [-0.2, -0.15) is 9.45 Å². The molecule has 22 heavy (non-hydrogen) atoms. The molecule has 1 aromatic rings. The lowest BCUT2D eigenvalue weighted by atomic mass is 9.79. The first-order valence-electron chi connectivity index (χ1n) is 7.34. The molecule has 0 bridgehead atoms. The number of piperidine rings is 1. The molecule has 2 heterocycles. The molecular weight excluding hydrogens is 285 g/mol. The number of hydroxylamine groups is 2. The molecule has 0 unspecified atom stereocenters. The monoisotopic (exact) mass is 309 g/mol. The molecule has 0 amide bonds. The van der Waals surface area contributed by atoms with Gasteiger partial charge in [-0.15, -0.1) is 0 Å². The van der Waals surface area contributed by atoms with Crippen LogP contribution in [0.2, 0.25) is 0 Å². The Hall–Kier alpha value is -1.73. The summed E-state index contributed by atoms with van der Waals surface area (Å²) in [5.74, 6) is -0.231. The van der Waals surface area contributed by atoms with Crippen LogP contribution in [0.25, 0.3) is 0 Å². The predicted molar refractivity (Wildman–Crippen MR) is 83.5 cm³/mol. The number of halogens is 1. The van der Waals surface area contributed by atoms with Gasteiger partial charge in [-0.3, -0.25) is 5.41 Å². The van der Waals surface area contributed by atoms with Crippen LogP contribution in [0.15, 0.2) is 18.2 Å². The van der Waals surface area contributed by atoms with Gasteiger partial charge in [0.2, 0.25) is 5.95 Å². The van der Waals surface area contributed by atoms with Gasteiger partial charge in [-0.05, 0) is 52.7 Å². The first kappa shape index (κ1) is 16.6. The molecule has 2 rings (SSSR count). The number of hydrogen-bond acceptors (Lipinski definition) is 4. The van der Waals surface area contributed by atoms with Crippen molar-refractivity contribution in [2.24, 2.45) is 0 Å². The number of aromatic nitrogens is 1. The SMILES string of the molecule is CC1(C)CC(NC(=N)Nc2cccc(F)n2)CC(C)(C)N1O. The van der Waals surface area contributed by atoms with Crippen LogP contribution in [-0.4, -0.2) is 38.3 Å². The number of pyridine rings is 1. The molecule has 1 aliphatic heterocycles. The zero-order valence-electron chi connectivity index (χ0n) is 13.4. The lowest BCUT2D eigenvalue weighted by Crippen LogP contribution is -2.63. The first-order valence-corrected chi connectivity index (χ1v) is 7.34. The fraction of sp³-hybridized carbons (Fsp3) is 0.600. The van der Waals surface area contributed by atoms with Crippen molar-refractivity contribution in [2.45, 2.75) is 57.7 Å². The standard InChI is InChI=1S/C15H24FN5O/c1-14(2)8-10(9-15(3,4)21(14)22)18-13(17)20-12-7-5-6-11(16)19-12/h5-7,10,22H,8-9H2,1-4H3,(H3,17,18,19,20). The summed E-state index contributed by atoms with van der Waals surface area (Å²) in [7, 11) is 0. The van der Waals surface area contributed by atoms with Crippen molar-refractivity contribution in [3.05, 3.63) is 24.1 Å². The Morgan fingerprint density at radius 1 is 1.32 bits per heavy atom. The van der Waals surface area contributed by atoms with Crippen LogP contribution in [0.3, 0.4) is 0 Å². The van der Waals surface area contributed by atoms with Crippen molar-refractivity contribution in [3.63, 3.8) is 0 Å². The van der Waals surface area contributed by atoms with Gasteiger partial charge in [0.25, 0.3) is 0 Å². The number of nitrogens with one attached hydrogen (secondary N) is 3. The molecule has 1 fully saturated rings.